The summed E-state index contributed by atoms with van der Waals surface area (Å²) in [5, 5.41) is 4.23. The van der Waals surface area contributed by atoms with Crippen LogP contribution in [0.5, 0.6) is 11.5 Å². The lowest BCUT2D eigenvalue weighted by atomic mass is 9.97. The highest BCUT2D eigenvalue weighted by atomic mass is 32.1. The van der Waals surface area contributed by atoms with E-state index in [-0.39, 0.29) is 12.4 Å². The molecule has 0 spiro atoms. The van der Waals surface area contributed by atoms with Crippen molar-refractivity contribution < 1.29 is 9.47 Å². The molecule has 0 saturated heterocycles. The first kappa shape index (κ1) is 17.6. The van der Waals surface area contributed by atoms with Crippen molar-refractivity contribution in [3.8, 4) is 11.5 Å². The van der Waals surface area contributed by atoms with E-state index >= 15 is 0 Å². The lowest BCUT2D eigenvalue weighted by Crippen LogP contribution is -2.25. The van der Waals surface area contributed by atoms with Gasteiger partial charge in [-0.25, -0.2) is 4.98 Å². The van der Waals surface area contributed by atoms with Gasteiger partial charge in [-0.3, -0.25) is 9.36 Å². The number of rotatable bonds is 5. The fraction of sp³-hybridized carbons (Fsp3) is 0.429. The summed E-state index contributed by atoms with van der Waals surface area (Å²) in [4.78, 5) is 20.2. The van der Waals surface area contributed by atoms with Gasteiger partial charge in [0.2, 0.25) is 12.7 Å². The third-order valence-electron chi connectivity index (χ3n) is 5.52. The average Bonchev–Trinajstić information content (AvgIpc) is 3.31. The second-order valence-corrected chi connectivity index (χ2v) is 8.32. The molecule has 7 heteroatoms. The largest absolute Gasteiger partial charge is 0.454 e. The van der Waals surface area contributed by atoms with Crippen molar-refractivity contribution in [1.29, 1.82) is 0 Å². The van der Waals surface area contributed by atoms with Crippen LogP contribution in [0.1, 0.15) is 35.8 Å². The van der Waals surface area contributed by atoms with Crippen molar-refractivity contribution in [2.45, 2.75) is 45.6 Å². The van der Waals surface area contributed by atoms with E-state index < -0.39 is 0 Å². The number of nitrogens with zero attached hydrogens (tertiary/aromatic N) is 2. The molecule has 1 N–H and O–H groups in total. The molecule has 0 saturated carbocycles. The van der Waals surface area contributed by atoms with Crippen molar-refractivity contribution in [3.05, 3.63) is 44.6 Å². The molecule has 0 fully saturated rings. The van der Waals surface area contributed by atoms with Crippen molar-refractivity contribution >= 4 is 27.5 Å². The van der Waals surface area contributed by atoms with E-state index in [0.717, 1.165) is 46.5 Å². The van der Waals surface area contributed by atoms with Crippen molar-refractivity contribution in [2.75, 3.05) is 18.7 Å². The molecule has 6 nitrogen and oxygen atoms in total. The number of aryl methyl sites for hydroxylation is 2. The highest BCUT2D eigenvalue weighted by Crippen LogP contribution is 2.34. The highest BCUT2D eigenvalue weighted by molar-refractivity contribution is 7.18. The fourth-order valence-corrected chi connectivity index (χ4v) is 5.33. The van der Waals surface area contributed by atoms with Gasteiger partial charge in [-0.05, 0) is 62.3 Å². The fourth-order valence-electron chi connectivity index (χ4n) is 4.08. The van der Waals surface area contributed by atoms with Crippen LogP contribution in [0.15, 0.2) is 23.0 Å². The molecule has 0 radical (unpaired) electrons. The van der Waals surface area contributed by atoms with E-state index in [1.54, 1.807) is 15.9 Å². The van der Waals surface area contributed by atoms with E-state index in [1.165, 1.54) is 23.3 Å². The first-order valence-corrected chi connectivity index (χ1v) is 10.7. The number of hydrogen-bond donors (Lipinski definition) is 1. The number of aromatic nitrogens is 2. The van der Waals surface area contributed by atoms with Crippen molar-refractivity contribution in [1.82, 2.24) is 9.55 Å². The minimum absolute atomic E-state index is 0.0949. The summed E-state index contributed by atoms with van der Waals surface area (Å²) >= 11 is 1.70. The Morgan fingerprint density at radius 2 is 2.07 bits per heavy atom. The van der Waals surface area contributed by atoms with Gasteiger partial charge in [-0.1, -0.05) is 6.07 Å². The number of anilines is 1. The number of thiophene rings is 1. The Hall–Kier alpha value is -2.54. The highest BCUT2D eigenvalue weighted by Gasteiger charge is 2.21. The van der Waals surface area contributed by atoms with Crippen LogP contribution in [0, 0.1) is 0 Å². The number of hydrogen-bond acceptors (Lipinski definition) is 6. The minimum Gasteiger partial charge on any atom is -0.454 e. The first-order chi connectivity index (χ1) is 13.7. The van der Waals surface area contributed by atoms with Crippen LogP contribution in [0.25, 0.3) is 10.2 Å². The molecule has 1 aromatic carbocycles. The molecule has 5 rings (SSSR count). The first-order valence-electron chi connectivity index (χ1n) is 9.92. The zero-order valence-corrected chi connectivity index (χ0v) is 16.7. The van der Waals surface area contributed by atoms with E-state index in [1.807, 2.05) is 25.1 Å². The van der Waals surface area contributed by atoms with Gasteiger partial charge in [0.1, 0.15) is 4.83 Å². The summed E-state index contributed by atoms with van der Waals surface area (Å²) < 4.78 is 12.6. The topological polar surface area (TPSA) is 65.4 Å². The van der Waals surface area contributed by atoms with Gasteiger partial charge in [-0.15, -0.1) is 11.3 Å². The number of ether oxygens (including phenoxy) is 2. The van der Waals surface area contributed by atoms with E-state index in [2.05, 4.69) is 5.32 Å². The van der Waals surface area contributed by atoms with Crippen LogP contribution in [-0.4, -0.2) is 22.9 Å². The summed E-state index contributed by atoms with van der Waals surface area (Å²) in [6.45, 7) is 3.59. The predicted octanol–water partition coefficient (Wildman–Crippen LogP) is 3.74. The number of benzene rings is 1. The maximum absolute atomic E-state index is 13.1. The van der Waals surface area contributed by atoms with E-state index in [9.17, 15) is 4.79 Å². The smallest absolute Gasteiger partial charge is 0.263 e. The molecular weight excluding hydrogens is 374 g/mol. The summed E-state index contributed by atoms with van der Waals surface area (Å²) in [5.74, 6) is 2.26. The molecule has 0 atom stereocenters. The summed E-state index contributed by atoms with van der Waals surface area (Å²) in [6.07, 6.45) is 5.28. The Bertz CT molecular complexity index is 1100. The Morgan fingerprint density at radius 3 is 2.96 bits per heavy atom. The van der Waals surface area contributed by atoms with Gasteiger partial charge in [-0.2, -0.15) is 0 Å². The van der Waals surface area contributed by atoms with Gasteiger partial charge < -0.3 is 14.8 Å². The molecule has 0 amide bonds. The van der Waals surface area contributed by atoms with Crippen LogP contribution < -0.4 is 20.3 Å². The Morgan fingerprint density at radius 1 is 1.21 bits per heavy atom. The Balaban J connectivity index is 1.40. The van der Waals surface area contributed by atoms with Crippen LogP contribution in [0.4, 0.5) is 5.95 Å². The summed E-state index contributed by atoms with van der Waals surface area (Å²) in [6, 6.07) is 6.01. The molecule has 1 aliphatic heterocycles. The second-order valence-electron chi connectivity index (χ2n) is 7.24. The normalized spacial score (nSPS) is 15.0. The third kappa shape index (κ3) is 2.94. The summed E-state index contributed by atoms with van der Waals surface area (Å²) in [5.41, 5.74) is 2.50. The molecule has 3 heterocycles. The van der Waals surface area contributed by atoms with Crippen LogP contribution in [-0.2, 0) is 25.8 Å². The molecular formula is C21H23N3O3S. The van der Waals surface area contributed by atoms with Crippen molar-refractivity contribution in [3.63, 3.8) is 0 Å². The van der Waals surface area contributed by atoms with Gasteiger partial charge >= 0.3 is 0 Å². The maximum atomic E-state index is 13.1. The van der Waals surface area contributed by atoms with Crippen LogP contribution >= 0.6 is 11.3 Å². The Labute approximate surface area is 167 Å². The number of fused-ring (bicyclic) bond motifs is 4. The molecule has 3 aromatic rings. The van der Waals surface area contributed by atoms with Gasteiger partial charge in [0.15, 0.2) is 11.5 Å². The maximum Gasteiger partial charge on any atom is 0.263 e. The quantitative estimate of drug-likeness (QED) is 0.710. The van der Waals surface area contributed by atoms with Gasteiger partial charge in [0, 0.05) is 18.0 Å². The lowest BCUT2D eigenvalue weighted by molar-refractivity contribution is 0.174. The van der Waals surface area contributed by atoms with Crippen LogP contribution in [0.3, 0.4) is 0 Å². The summed E-state index contributed by atoms with van der Waals surface area (Å²) in [7, 11) is 0. The average molecular weight is 398 g/mol. The SMILES string of the molecule is CCn1c(NCCc2ccc3c(c2)OCO3)nc2sc3c(c2c1=O)CCCC3. The van der Waals surface area contributed by atoms with Crippen LogP contribution in [0.2, 0.25) is 0 Å². The molecule has 28 heavy (non-hydrogen) atoms. The van der Waals surface area contributed by atoms with Crippen molar-refractivity contribution in [2.24, 2.45) is 0 Å². The molecule has 146 valence electrons. The lowest BCUT2D eigenvalue weighted by Gasteiger charge is -2.13. The monoisotopic (exact) mass is 397 g/mol. The van der Waals surface area contributed by atoms with Gasteiger partial charge in [0.25, 0.3) is 5.56 Å². The molecule has 0 bridgehead atoms. The van der Waals surface area contributed by atoms with E-state index in [0.29, 0.717) is 19.0 Å². The molecule has 2 aliphatic rings. The standard InChI is InChI=1S/C21H23N3O3S/c1-2-24-20(25)18-14-5-3-4-6-17(14)28-19(18)23-21(24)22-10-9-13-7-8-15-16(11-13)27-12-26-15/h7-8,11H,2-6,9-10,12H2,1H3,(H,22,23). The third-order valence-corrected chi connectivity index (χ3v) is 6.71. The predicted molar refractivity (Wildman–Crippen MR) is 111 cm³/mol. The second kappa shape index (κ2) is 7.13. The molecule has 1 aliphatic carbocycles. The molecule has 0 unspecified atom stereocenters. The number of nitrogens with one attached hydrogen (secondary N) is 1. The zero-order chi connectivity index (χ0) is 19.1. The molecule has 2 aromatic heterocycles. The Kier molecular flexibility index (Phi) is 4.47. The van der Waals surface area contributed by atoms with Gasteiger partial charge in [0.05, 0.1) is 5.39 Å². The zero-order valence-electron chi connectivity index (χ0n) is 15.9. The minimum atomic E-state index is 0.0949. The van der Waals surface area contributed by atoms with E-state index in [4.69, 9.17) is 14.5 Å².